The average Bonchev–Trinajstić information content (AvgIpc) is 2.79. The molecule has 0 aliphatic heterocycles. The van der Waals surface area contributed by atoms with Gasteiger partial charge in [0.2, 0.25) is 5.89 Å². The van der Waals surface area contributed by atoms with Crippen LogP contribution in [0.1, 0.15) is 52.0 Å². The van der Waals surface area contributed by atoms with Crippen molar-refractivity contribution < 1.29 is 4.42 Å². The fourth-order valence-corrected chi connectivity index (χ4v) is 1.64. The fourth-order valence-electron chi connectivity index (χ4n) is 1.64. The summed E-state index contributed by atoms with van der Waals surface area (Å²) in [6.07, 6.45) is 3.62. The Labute approximate surface area is 104 Å². The second-order valence-electron chi connectivity index (χ2n) is 4.33. The Balaban J connectivity index is 2.48. The van der Waals surface area contributed by atoms with Crippen molar-refractivity contribution in [1.82, 2.24) is 15.5 Å². The van der Waals surface area contributed by atoms with Gasteiger partial charge < -0.3 is 14.6 Å². The van der Waals surface area contributed by atoms with E-state index in [-0.39, 0.29) is 6.04 Å². The maximum Gasteiger partial charge on any atom is 0.317 e. The maximum absolute atomic E-state index is 5.63. The molecule has 5 heteroatoms. The first-order chi connectivity index (χ1) is 8.19. The predicted octanol–water partition coefficient (Wildman–Crippen LogP) is 2.37. The summed E-state index contributed by atoms with van der Waals surface area (Å²) in [4.78, 5) is 2.02. The van der Waals surface area contributed by atoms with Gasteiger partial charge in [0.1, 0.15) is 0 Å². The van der Waals surface area contributed by atoms with Crippen LogP contribution in [0.3, 0.4) is 0 Å². The zero-order valence-electron chi connectivity index (χ0n) is 11.4. The van der Waals surface area contributed by atoms with Crippen molar-refractivity contribution in [3.63, 3.8) is 0 Å². The lowest BCUT2D eigenvalue weighted by atomic mass is 10.2. The molecule has 0 saturated carbocycles. The van der Waals surface area contributed by atoms with E-state index in [2.05, 4.69) is 29.4 Å². The smallest absolute Gasteiger partial charge is 0.317 e. The number of hydrogen-bond acceptors (Lipinski definition) is 5. The molecule has 0 amide bonds. The van der Waals surface area contributed by atoms with Crippen LogP contribution in [0, 0.1) is 0 Å². The minimum Gasteiger partial charge on any atom is -0.406 e. The molecule has 1 N–H and O–H groups in total. The highest BCUT2D eigenvalue weighted by Crippen LogP contribution is 2.16. The van der Waals surface area contributed by atoms with E-state index in [1.807, 2.05) is 18.9 Å². The van der Waals surface area contributed by atoms with Crippen LogP contribution in [-0.4, -0.2) is 30.3 Å². The summed E-state index contributed by atoms with van der Waals surface area (Å²) < 4.78 is 5.63. The van der Waals surface area contributed by atoms with Crippen LogP contribution in [0.2, 0.25) is 0 Å². The van der Waals surface area contributed by atoms with Crippen molar-refractivity contribution in [2.24, 2.45) is 0 Å². The summed E-state index contributed by atoms with van der Waals surface area (Å²) in [6, 6.07) is 0.728. The van der Waals surface area contributed by atoms with E-state index in [0.29, 0.717) is 11.9 Å². The fraction of sp³-hybridized carbons (Fsp3) is 0.833. The van der Waals surface area contributed by atoms with Gasteiger partial charge in [0.15, 0.2) is 0 Å². The van der Waals surface area contributed by atoms with Crippen LogP contribution in [0.15, 0.2) is 4.42 Å². The van der Waals surface area contributed by atoms with Gasteiger partial charge in [-0.2, -0.15) is 0 Å². The third kappa shape index (κ3) is 4.34. The van der Waals surface area contributed by atoms with Gasteiger partial charge in [0, 0.05) is 13.6 Å². The molecule has 1 aromatic heterocycles. The second kappa shape index (κ2) is 7.27. The molecule has 1 rings (SSSR count). The summed E-state index contributed by atoms with van der Waals surface area (Å²) in [7, 11) is 1.99. The molecule has 0 saturated heterocycles. The Bertz CT molecular complexity index is 313. The average molecular weight is 240 g/mol. The van der Waals surface area contributed by atoms with E-state index >= 15 is 0 Å². The first-order valence-corrected chi connectivity index (χ1v) is 6.46. The van der Waals surface area contributed by atoms with Gasteiger partial charge in [-0.15, -0.1) is 5.10 Å². The number of aromatic nitrogens is 2. The van der Waals surface area contributed by atoms with Gasteiger partial charge in [-0.3, -0.25) is 0 Å². The van der Waals surface area contributed by atoms with Crippen LogP contribution in [0.5, 0.6) is 0 Å². The molecule has 0 bridgehead atoms. The largest absolute Gasteiger partial charge is 0.406 e. The van der Waals surface area contributed by atoms with Crippen LogP contribution in [0.4, 0.5) is 6.01 Å². The van der Waals surface area contributed by atoms with Gasteiger partial charge in [0.25, 0.3) is 0 Å². The van der Waals surface area contributed by atoms with Crippen LogP contribution < -0.4 is 10.2 Å². The van der Waals surface area contributed by atoms with Crippen molar-refractivity contribution in [2.45, 2.75) is 46.1 Å². The highest BCUT2D eigenvalue weighted by Gasteiger charge is 2.14. The molecule has 0 aliphatic carbocycles. The standard InChI is InChI=1S/C12H24N4O/c1-5-7-8-9-16(4)12-15-14-11(17-12)10(3)13-6-2/h10,13H,5-9H2,1-4H3. The molecule has 17 heavy (non-hydrogen) atoms. The number of nitrogens with one attached hydrogen (secondary N) is 1. The van der Waals surface area contributed by atoms with E-state index in [1.165, 1.54) is 12.8 Å². The van der Waals surface area contributed by atoms with E-state index in [0.717, 1.165) is 19.5 Å². The minimum atomic E-state index is 0.116. The van der Waals surface area contributed by atoms with Gasteiger partial charge in [0.05, 0.1) is 6.04 Å². The second-order valence-corrected chi connectivity index (χ2v) is 4.33. The lowest BCUT2D eigenvalue weighted by Crippen LogP contribution is -2.19. The quantitative estimate of drug-likeness (QED) is 0.707. The molecular formula is C12H24N4O. The Hall–Kier alpha value is -1.10. The lowest BCUT2D eigenvalue weighted by Gasteiger charge is -2.13. The number of unbranched alkanes of at least 4 members (excludes halogenated alkanes) is 2. The highest BCUT2D eigenvalue weighted by atomic mass is 16.4. The molecule has 1 atom stereocenters. The Morgan fingerprint density at radius 2 is 2.06 bits per heavy atom. The van der Waals surface area contributed by atoms with Crippen molar-refractivity contribution in [2.75, 3.05) is 25.0 Å². The lowest BCUT2D eigenvalue weighted by molar-refractivity contribution is 0.421. The number of hydrogen-bond donors (Lipinski definition) is 1. The first kappa shape index (κ1) is 14.0. The minimum absolute atomic E-state index is 0.116. The molecule has 1 aromatic rings. The normalized spacial score (nSPS) is 12.7. The number of nitrogens with zero attached hydrogens (tertiary/aromatic N) is 3. The predicted molar refractivity (Wildman–Crippen MR) is 69.2 cm³/mol. The van der Waals surface area contributed by atoms with Crippen LogP contribution >= 0.6 is 0 Å². The molecular weight excluding hydrogens is 216 g/mol. The third-order valence-corrected chi connectivity index (χ3v) is 2.73. The molecule has 0 aliphatic rings. The SMILES string of the molecule is CCCCCN(C)c1nnc(C(C)NCC)o1. The molecule has 1 unspecified atom stereocenters. The first-order valence-electron chi connectivity index (χ1n) is 6.46. The van der Waals surface area contributed by atoms with Gasteiger partial charge >= 0.3 is 6.01 Å². The number of anilines is 1. The summed E-state index contributed by atoms with van der Waals surface area (Å²) in [5, 5.41) is 11.4. The van der Waals surface area contributed by atoms with Gasteiger partial charge in [-0.1, -0.05) is 31.8 Å². The topological polar surface area (TPSA) is 54.2 Å². The summed E-state index contributed by atoms with van der Waals surface area (Å²) in [5.74, 6) is 0.657. The zero-order chi connectivity index (χ0) is 12.7. The molecule has 0 radical (unpaired) electrons. The molecule has 1 heterocycles. The Kier molecular flexibility index (Phi) is 5.97. The van der Waals surface area contributed by atoms with Gasteiger partial charge in [-0.05, 0) is 19.9 Å². The van der Waals surface area contributed by atoms with Crippen molar-refractivity contribution in [3.8, 4) is 0 Å². The highest BCUT2D eigenvalue weighted by molar-refractivity contribution is 5.21. The summed E-state index contributed by atoms with van der Waals surface area (Å²) in [5.41, 5.74) is 0. The maximum atomic E-state index is 5.63. The van der Waals surface area contributed by atoms with Crippen LogP contribution in [0.25, 0.3) is 0 Å². The van der Waals surface area contributed by atoms with E-state index in [9.17, 15) is 0 Å². The Morgan fingerprint density at radius 3 is 2.71 bits per heavy atom. The van der Waals surface area contributed by atoms with E-state index in [1.54, 1.807) is 0 Å². The van der Waals surface area contributed by atoms with E-state index < -0.39 is 0 Å². The van der Waals surface area contributed by atoms with Crippen molar-refractivity contribution in [3.05, 3.63) is 5.89 Å². The van der Waals surface area contributed by atoms with E-state index in [4.69, 9.17) is 4.42 Å². The van der Waals surface area contributed by atoms with Crippen molar-refractivity contribution in [1.29, 1.82) is 0 Å². The zero-order valence-corrected chi connectivity index (χ0v) is 11.4. The summed E-state index contributed by atoms with van der Waals surface area (Å²) in [6.45, 7) is 8.14. The number of rotatable bonds is 8. The molecule has 0 aromatic carbocycles. The van der Waals surface area contributed by atoms with Crippen LogP contribution in [-0.2, 0) is 0 Å². The third-order valence-electron chi connectivity index (χ3n) is 2.73. The molecule has 5 nitrogen and oxygen atoms in total. The Morgan fingerprint density at radius 1 is 1.29 bits per heavy atom. The summed E-state index contributed by atoms with van der Waals surface area (Å²) >= 11 is 0. The molecule has 0 spiro atoms. The monoisotopic (exact) mass is 240 g/mol. The van der Waals surface area contributed by atoms with Gasteiger partial charge in [-0.25, -0.2) is 0 Å². The molecule has 0 fully saturated rings. The van der Waals surface area contributed by atoms with Crippen molar-refractivity contribution >= 4 is 6.01 Å². The molecule has 98 valence electrons.